The molecule has 2 rings (SSSR count). The van der Waals surface area contributed by atoms with E-state index < -0.39 is 0 Å². The summed E-state index contributed by atoms with van der Waals surface area (Å²) in [5.74, 6) is 0. The van der Waals surface area contributed by atoms with Crippen molar-refractivity contribution in [3.8, 4) is 0 Å². The summed E-state index contributed by atoms with van der Waals surface area (Å²) in [6.07, 6.45) is 9.19. The summed E-state index contributed by atoms with van der Waals surface area (Å²) in [5, 5.41) is 0. The monoisotopic (exact) mass is 277 g/mol. The van der Waals surface area contributed by atoms with Crippen molar-refractivity contribution in [1.82, 2.24) is 4.57 Å². The van der Waals surface area contributed by atoms with Gasteiger partial charge in [0.1, 0.15) is 18.9 Å². The third-order valence-corrected chi connectivity index (χ3v) is 2.95. The molecule has 0 amide bonds. The molecule has 0 bridgehead atoms. The number of halogens is 1. The standard InChI is InChI=1S/C15H20N3.ClH/c1-2-14-4-6-15(7-5-14)12-18-11-10-17(13-18)9-3-8-16;/h2,4-7,10-11,13H,1,3,8-9,12,16H2;1H/q+1;/p-1. The van der Waals surface area contributed by atoms with Crippen molar-refractivity contribution in [2.45, 2.75) is 19.5 Å². The first kappa shape index (κ1) is 15.5. The van der Waals surface area contributed by atoms with Crippen LogP contribution in [-0.2, 0) is 13.1 Å². The fraction of sp³-hybridized carbons (Fsp3) is 0.267. The molecule has 19 heavy (non-hydrogen) atoms. The number of aryl methyl sites for hydroxylation is 1. The number of hydrogen-bond donors (Lipinski definition) is 1. The molecule has 0 unspecified atom stereocenters. The molecule has 1 heterocycles. The molecule has 0 radical (unpaired) electrons. The van der Waals surface area contributed by atoms with E-state index in [1.54, 1.807) is 0 Å². The second kappa shape index (κ2) is 7.77. The topological polar surface area (TPSA) is 34.8 Å². The third-order valence-electron chi connectivity index (χ3n) is 2.95. The Morgan fingerprint density at radius 2 is 2.00 bits per heavy atom. The fourth-order valence-corrected chi connectivity index (χ4v) is 1.91. The van der Waals surface area contributed by atoms with Gasteiger partial charge in [0, 0.05) is 0 Å². The first-order valence-corrected chi connectivity index (χ1v) is 6.28. The predicted octanol–water partition coefficient (Wildman–Crippen LogP) is -1.18. The van der Waals surface area contributed by atoms with Gasteiger partial charge in [-0.25, -0.2) is 9.13 Å². The molecular formula is C15H20ClN3. The van der Waals surface area contributed by atoms with E-state index in [1.165, 1.54) is 5.56 Å². The van der Waals surface area contributed by atoms with Gasteiger partial charge in [0.15, 0.2) is 0 Å². The van der Waals surface area contributed by atoms with E-state index in [9.17, 15) is 0 Å². The van der Waals surface area contributed by atoms with Crippen molar-refractivity contribution in [2.24, 2.45) is 5.73 Å². The van der Waals surface area contributed by atoms with Crippen LogP contribution in [0, 0.1) is 0 Å². The van der Waals surface area contributed by atoms with Gasteiger partial charge in [-0.05, 0) is 24.1 Å². The van der Waals surface area contributed by atoms with Crippen LogP contribution < -0.4 is 22.7 Å². The molecule has 0 saturated heterocycles. The summed E-state index contributed by atoms with van der Waals surface area (Å²) in [6.45, 7) is 6.38. The lowest BCUT2D eigenvalue weighted by atomic mass is 10.1. The zero-order chi connectivity index (χ0) is 12.8. The number of nitrogens with two attached hydrogens (primary N) is 1. The second-order valence-corrected chi connectivity index (χ2v) is 4.41. The van der Waals surface area contributed by atoms with Crippen molar-refractivity contribution in [2.75, 3.05) is 6.54 Å². The lowest BCUT2D eigenvalue weighted by molar-refractivity contribution is -0.687. The summed E-state index contributed by atoms with van der Waals surface area (Å²) in [4.78, 5) is 0. The Bertz CT molecular complexity index is 502. The molecule has 1 aromatic heterocycles. The molecule has 102 valence electrons. The molecule has 3 nitrogen and oxygen atoms in total. The van der Waals surface area contributed by atoms with Gasteiger partial charge in [-0.15, -0.1) is 0 Å². The van der Waals surface area contributed by atoms with Gasteiger partial charge in [-0.1, -0.05) is 36.9 Å². The molecule has 2 aromatic rings. The predicted molar refractivity (Wildman–Crippen MR) is 73.9 cm³/mol. The lowest BCUT2D eigenvalue weighted by Gasteiger charge is -1.99. The van der Waals surface area contributed by atoms with Gasteiger partial charge in [0.25, 0.3) is 0 Å². The Kier molecular flexibility index (Phi) is 6.33. The average Bonchev–Trinajstić information content (AvgIpc) is 2.85. The quantitative estimate of drug-likeness (QED) is 0.663. The van der Waals surface area contributed by atoms with Crippen LogP contribution in [-0.4, -0.2) is 11.1 Å². The highest BCUT2D eigenvalue weighted by Gasteiger charge is 2.04. The number of aromatic nitrogens is 2. The molecule has 0 fully saturated rings. The fourth-order valence-electron chi connectivity index (χ4n) is 1.91. The Morgan fingerprint density at radius 3 is 2.63 bits per heavy atom. The molecule has 1 aromatic carbocycles. The zero-order valence-electron chi connectivity index (χ0n) is 11.0. The molecule has 0 aliphatic rings. The number of nitrogens with zero attached hydrogens (tertiary/aromatic N) is 2. The van der Waals surface area contributed by atoms with Crippen molar-refractivity contribution < 1.29 is 17.0 Å². The molecule has 4 heteroatoms. The highest BCUT2D eigenvalue weighted by atomic mass is 35.5. The SMILES string of the molecule is C=Cc1ccc(C[n+]2ccn(CCCN)c2)cc1.[Cl-]. The van der Waals surface area contributed by atoms with Crippen LogP contribution in [0.1, 0.15) is 17.5 Å². The highest BCUT2D eigenvalue weighted by Crippen LogP contribution is 2.05. The minimum absolute atomic E-state index is 0. The van der Waals surface area contributed by atoms with Crippen LogP contribution in [0.5, 0.6) is 0 Å². The van der Waals surface area contributed by atoms with E-state index in [0.29, 0.717) is 0 Å². The summed E-state index contributed by atoms with van der Waals surface area (Å²) in [6, 6.07) is 8.46. The molecular weight excluding hydrogens is 258 g/mol. The van der Waals surface area contributed by atoms with E-state index in [2.05, 4.69) is 58.7 Å². The van der Waals surface area contributed by atoms with Gasteiger partial charge in [-0.3, -0.25) is 0 Å². The Labute approximate surface area is 120 Å². The summed E-state index contributed by atoms with van der Waals surface area (Å²) < 4.78 is 4.35. The van der Waals surface area contributed by atoms with Gasteiger partial charge < -0.3 is 18.1 Å². The first-order chi connectivity index (χ1) is 8.81. The maximum atomic E-state index is 5.51. The molecule has 0 aliphatic carbocycles. The van der Waals surface area contributed by atoms with E-state index in [0.717, 1.165) is 31.6 Å². The van der Waals surface area contributed by atoms with Crippen LogP contribution in [0.15, 0.2) is 49.6 Å². The van der Waals surface area contributed by atoms with Crippen molar-refractivity contribution in [1.29, 1.82) is 0 Å². The number of benzene rings is 1. The minimum Gasteiger partial charge on any atom is -1.00 e. The Morgan fingerprint density at radius 1 is 1.26 bits per heavy atom. The van der Waals surface area contributed by atoms with Crippen LogP contribution in [0.2, 0.25) is 0 Å². The normalized spacial score (nSPS) is 9.95. The zero-order valence-corrected chi connectivity index (χ0v) is 11.8. The van der Waals surface area contributed by atoms with Crippen molar-refractivity contribution in [3.05, 3.63) is 60.7 Å². The second-order valence-electron chi connectivity index (χ2n) is 4.41. The van der Waals surface area contributed by atoms with Crippen molar-refractivity contribution >= 4 is 6.08 Å². The minimum atomic E-state index is 0. The van der Waals surface area contributed by atoms with E-state index >= 15 is 0 Å². The van der Waals surface area contributed by atoms with Crippen molar-refractivity contribution in [3.63, 3.8) is 0 Å². The summed E-state index contributed by atoms with van der Waals surface area (Å²) in [5.41, 5.74) is 7.96. The summed E-state index contributed by atoms with van der Waals surface area (Å²) in [7, 11) is 0. The maximum absolute atomic E-state index is 5.51. The highest BCUT2D eigenvalue weighted by molar-refractivity contribution is 5.47. The third kappa shape index (κ3) is 4.54. The molecule has 0 aliphatic heterocycles. The Balaban J connectivity index is 0.00000180. The number of imidazole rings is 1. The van der Waals surface area contributed by atoms with Gasteiger partial charge in [-0.2, -0.15) is 0 Å². The van der Waals surface area contributed by atoms with E-state index in [4.69, 9.17) is 5.73 Å². The van der Waals surface area contributed by atoms with Crippen LogP contribution in [0.25, 0.3) is 6.08 Å². The van der Waals surface area contributed by atoms with Crippen LogP contribution in [0.4, 0.5) is 0 Å². The largest absolute Gasteiger partial charge is 1.00 e. The first-order valence-electron chi connectivity index (χ1n) is 6.28. The molecule has 2 N–H and O–H groups in total. The molecule has 0 atom stereocenters. The van der Waals surface area contributed by atoms with Crippen LogP contribution >= 0.6 is 0 Å². The Hall–Kier alpha value is -1.58. The molecule has 0 saturated carbocycles. The average molecular weight is 278 g/mol. The lowest BCUT2D eigenvalue weighted by Crippen LogP contribution is -3.00. The molecule has 0 spiro atoms. The summed E-state index contributed by atoms with van der Waals surface area (Å²) >= 11 is 0. The van der Waals surface area contributed by atoms with Gasteiger partial charge in [0.2, 0.25) is 6.33 Å². The van der Waals surface area contributed by atoms with E-state index in [-0.39, 0.29) is 12.4 Å². The maximum Gasteiger partial charge on any atom is 0.244 e. The number of rotatable bonds is 6. The van der Waals surface area contributed by atoms with E-state index in [1.807, 2.05) is 6.08 Å². The van der Waals surface area contributed by atoms with Gasteiger partial charge >= 0.3 is 0 Å². The number of hydrogen-bond acceptors (Lipinski definition) is 1. The smallest absolute Gasteiger partial charge is 0.244 e. The van der Waals surface area contributed by atoms with Crippen LogP contribution in [0.3, 0.4) is 0 Å². The van der Waals surface area contributed by atoms with Gasteiger partial charge in [0.05, 0.1) is 6.54 Å².